The summed E-state index contributed by atoms with van der Waals surface area (Å²) in [6.45, 7) is 7.38. The van der Waals surface area contributed by atoms with E-state index >= 15 is 0 Å². The van der Waals surface area contributed by atoms with Crippen LogP contribution in [-0.2, 0) is 14.3 Å². The Labute approximate surface area is 116 Å². The minimum absolute atomic E-state index is 0.217. The van der Waals surface area contributed by atoms with Gasteiger partial charge in [0.1, 0.15) is 5.54 Å². The van der Waals surface area contributed by atoms with Crippen molar-refractivity contribution in [1.82, 2.24) is 5.32 Å². The van der Waals surface area contributed by atoms with Crippen molar-refractivity contribution in [1.29, 1.82) is 0 Å². The predicted octanol–water partition coefficient (Wildman–Crippen LogP) is 1.06. The van der Waals surface area contributed by atoms with E-state index in [1.54, 1.807) is 0 Å². The molecule has 0 radical (unpaired) electrons. The van der Waals surface area contributed by atoms with Gasteiger partial charge in [-0.3, -0.25) is 4.79 Å². The van der Waals surface area contributed by atoms with E-state index in [1.165, 1.54) is 0 Å². The van der Waals surface area contributed by atoms with E-state index in [0.29, 0.717) is 19.8 Å². The van der Waals surface area contributed by atoms with Crippen molar-refractivity contribution in [3.8, 4) is 0 Å². The maximum absolute atomic E-state index is 11.8. The van der Waals surface area contributed by atoms with Crippen LogP contribution in [0.3, 0.4) is 0 Å². The van der Waals surface area contributed by atoms with E-state index in [1.807, 2.05) is 13.8 Å². The fraction of sp³-hybridized carbons (Fsp3) is 0.929. The summed E-state index contributed by atoms with van der Waals surface area (Å²) in [5.41, 5.74) is 5.10. The van der Waals surface area contributed by atoms with Crippen LogP contribution in [-0.4, -0.2) is 44.4 Å². The Morgan fingerprint density at radius 1 is 1.32 bits per heavy atom. The topological polar surface area (TPSA) is 73.6 Å². The molecule has 1 saturated carbocycles. The summed E-state index contributed by atoms with van der Waals surface area (Å²) in [5, 5.41) is 3.31. The number of likely N-dealkylation sites (N-methyl/N-ethyl adjacent to an activating group) is 1. The number of rotatable bonds is 10. The van der Waals surface area contributed by atoms with Crippen LogP contribution in [0.25, 0.3) is 0 Å². The van der Waals surface area contributed by atoms with Gasteiger partial charge in [0.2, 0.25) is 5.91 Å². The molecule has 1 amide bonds. The summed E-state index contributed by atoms with van der Waals surface area (Å²) >= 11 is 0. The number of nitrogens with two attached hydrogens (primary N) is 1. The van der Waals surface area contributed by atoms with Gasteiger partial charge in [-0.15, -0.1) is 0 Å². The van der Waals surface area contributed by atoms with Gasteiger partial charge in [0, 0.05) is 13.2 Å². The quantitative estimate of drug-likeness (QED) is 0.583. The molecule has 1 aliphatic carbocycles. The van der Waals surface area contributed by atoms with Gasteiger partial charge in [-0.25, -0.2) is 0 Å². The summed E-state index contributed by atoms with van der Waals surface area (Å²) in [4.78, 5) is 11.8. The molecule has 3 N–H and O–H groups in total. The third kappa shape index (κ3) is 4.44. The van der Waals surface area contributed by atoms with Crippen molar-refractivity contribution in [2.75, 3.05) is 33.0 Å². The van der Waals surface area contributed by atoms with Crippen LogP contribution < -0.4 is 11.1 Å². The van der Waals surface area contributed by atoms with Gasteiger partial charge < -0.3 is 20.5 Å². The minimum atomic E-state index is -0.516. The molecule has 0 aromatic heterocycles. The van der Waals surface area contributed by atoms with Crippen molar-refractivity contribution in [2.24, 2.45) is 11.7 Å². The minimum Gasteiger partial charge on any atom is -0.379 e. The number of amides is 1. The summed E-state index contributed by atoms with van der Waals surface area (Å²) in [6.07, 6.45) is 3.83. The van der Waals surface area contributed by atoms with Gasteiger partial charge in [0.15, 0.2) is 0 Å². The number of carbonyl (C=O) groups excluding carboxylic acids is 1. The monoisotopic (exact) mass is 272 g/mol. The summed E-state index contributed by atoms with van der Waals surface area (Å²) < 4.78 is 10.8. The second kappa shape index (κ2) is 8.51. The summed E-state index contributed by atoms with van der Waals surface area (Å²) in [7, 11) is 0. The highest BCUT2D eigenvalue weighted by molar-refractivity contribution is 5.85. The van der Waals surface area contributed by atoms with Gasteiger partial charge in [-0.05, 0) is 38.6 Å². The molecule has 5 heteroatoms. The number of hydrogen-bond acceptors (Lipinski definition) is 4. The lowest BCUT2D eigenvalue weighted by Crippen LogP contribution is -2.58. The third-order valence-electron chi connectivity index (χ3n) is 3.94. The zero-order valence-electron chi connectivity index (χ0n) is 12.2. The van der Waals surface area contributed by atoms with E-state index in [9.17, 15) is 4.79 Å². The maximum atomic E-state index is 11.8. The van der Waals surface area contributed by atoms with Gasteiger partial charge in [0.05, 0.1) is 13.2 Å². The average Bonchev–Trinajstić information content (AvgIpc) is 2.78. The molecule has 0 saturated heterocycles. The molecule has 19 heavy (non-hydrogen) atoms. The van der Waals surface area contributed by atoms with Crippen LogP contribution in [0.4, 0.5) is 0 Å². The molecule has 2 unspecified atom stereocenters. The van der Waals surface area contributed by atoms with Gasteiger partial charge in [-0.1, -0.05) is 13.3 Å². The molecule has 5 nitrogen and oxygen atoms in total. The lowest BCUT2D eigenvalue weighted by Gasteiger charge is -2.33. The Bertz CT molecular complexity index is 273. The number of carbonyl (C=O) groups is 1. The number of nitrogens with one attached hydrogen (secondary N) is 1. The second-order valence-corrected chi connectivity index (χ2v) is 5.05. The van der Waals surface area contributed by atoms with E-state index in [0.717, 1.165) is 38.8 Å². The Balaban J connectivity index is 2.36. The number of primary amides is 1. The zero-order chi connectivity index (χ0) is 14.1. The maximum Gasteiger partial charge on any atom is 0.238 e. The largest absolute Gasteiger partial charge is 0.379 e. The van der Waals surface area contributed by atoms with Crippen molar-refractivity contribution in [3.05, 3.63) is 0 Å². The Hall–Kier alpha value is -0.650. The summed E-state index contributed by atoms with van der Waals surface area (Å²) in [5.74, 6) is 0.0724. The SMILES string of the molecule is CCNC1(C(N)=O)CCCC1CCOCCOCC. The van der Waals surface area contributed by atoms with E-state index in [2.05, 4.69) is 5.32 Å². The zero-order valence-corrected chi connectivity index (χ0v) is 12.2. The van der Waals surface area contributed by atoms with Gasteiger partial charge >= 0.3 is 0 Å². The fourth-order valence-electron chi connectivity index (χ4n) is 3.02. The van der Waals surface area contributed by atoms with E-state index in [-0.39, 0.29) is 11.8 Å². The number of ether oxygens (including phenoxy) is 2. The first-order chi connectivity index (χ1) is 9.17. The highest BCUT2D eigenvalue weighted by Crippen LogP contribution is 2.37. The van der Waals surface area contributed by atoms with Crippen LogP contribution in [0.15, 0.2) is 0 Å². The molecule has 0 aromatic rings. The normalized spacial score (nSPS) is 26.7. The first-order valence-corrected chi connectivity index (χ1v) is 7.37. The molecule has 1 rings (SSSR count). The van der Waals surface area contributed by atoms with Crippen LogP contribution in [0.2, 0.25) is 0 Å². The predicted molar refractivity (Wildman–Crippen MR) is 74.9 cm³/mol. The fourth-order valence-corrected chi connectivity index (χ4v) is 3.02. The highest BCUT2D eigenvalue weighted by atomic mass is 16.5. The van der Waals surface area contributed by atoms with Gasteiger partial charge in [0.25, 0.3) is 0 Å². The Morgan fingerprint density at radius 3 is 2.68 bits per heavy atom. The van der Waals surface area contributed by atoms with Gasteiger partial charge in [-0.2, -0.15) is 0 Å². The molecule has 0 spiro atoms. The molecule has 0 aromatic carbocycles. The highest BCUT2D eigenvalue weighted by Gasteiger charge is 2.46. The molecule has 112 valence electrons. The van der Waals surface area contributed by atoms with Crippen LogP contribution in [0.5, 0.6) is 0 Å². The van der Waals surface area contributed by atoms with Crippen molar-refractivity contribution in [3.63, 3.8) is 0 Å². The lowest BCUT2D eigenvalue weighted by molar-refractivity contribution is -0.126. The van der Waals surface area contributed by atoms with E-state index in [4.69, 9.17) is 15.2 Å². The second-order valence-electron chi connectivity index (χ2n) is 5.05. The summed E-state index contributed by atoms with van der Waals surface area (Å²) in [6, 6.07) is 0. The van der Waals surface area contributed by atoms with E-state index < -0.39 is 5.54 Å². The molecule has 0 heterocycles. The standard InChI is InChI=1S/C14H28N2O3/c1-3-16-14(13(15)17)8-5-6-12(14)7-9-19-11-10-18-4-2/h12,16H,3-11H2,1-2H3,(H2,15,17). The van der Waals surface area contributed by atoms with Crippen LogP contribution in [0, 0.1) is 5.92 Å². The van der Waals surface area contributed by atoms with Crippen molar-refractivity contribution >= 4 is 5.91 Å². The molecule has 1 aliphatic rings. The van der Waals surface area contributed by atoms with Crippen LogP contribution >= 0.6 is 0 Å². The first-order valence-electron chi connectivity index (χ1n) is 7.37. The molecule has 2 atom stereocenters. The molecular formula is C14H28N2O3. The average molecular weight is 272 g/mol. The molecule has 0 bridgehead atoms. The van der Waals surface area contributed by atoms with Crippen LogP contribution in [0.1, 0.15) is 39.5 Å². The molecular weight excluding hydrogens is 244 g/mol. The molecule has 1 fully saturated rings. The Morgan fingerprint density at radius 2 is 2.05 bits per heavy atom. The third-order valence-corrected chi connectivity index (χ3v) is 3.94. The van der Waals surface area contributed by atoms with Crippen molar-refractivity contribution in [2.45, 2.75) is 45.1 Å². The Kier molecular flexibility index (Phi) is 7.34. The number of hydrogen-bond donors (Lipinski definition) is 2. The lowest BCUT2D eigenvalue weighted by atomic mass is 9.84. The first kappa shape index (κ1) is 16.4. The molecule has 0 aliphatic heterocycles. The van der Waals surface area contributed by atoms with Crippen molar-refractivity contribution < 1.29 is 14.3 Å². The smallest absolute Gasteiger partial charge is 0.238 e.